The zero-order valence-corrected chi connectivity index (χ0v) is 13.8. The second-order valence-electron chi connectivity index (χ2n) is 6.30. The molecule has 5 nitrogen and oxygen atoms in total. The number of hydrogen-bond donors (Lipinski definition) is 1. The minimum absolute atomic E-state index is 0.0178. The molecule has 0 saturated carbocycles. The van der Waals surface area contributed by atoms with Crippen molar-refractivity contribution in [2.75, 3.05) is 18.6 Å². The van der Waals surface area contributed by atoms with Crippen LogP contribution in [0.2, 0.25) is 0 Å². The van der Waals surface area contributed by atoms with E-state index in [1.54, 1.807) is 7.11 Å². The largest absolute Gasteiger partial charge is 0.497 e. The highest BCUT2D eigenvalue weighted by atomic mass is 16.5. The van der Waals surface area contributed by atoms with E-state index in [0.29, 0.717) is 19.0 Å². The van der Waals surface area contributed by atoms with Crippen molar-refractivity contribution in [3.8, 4) is 5.75 Å². The Kier molecular flexibility index (Phi) is 3.65. The highest BCUT2D eigenvalue weighted by Gasteiger charge is 2.35. The lowest BCUT2D eigenvalue weighted by Crippen LogP contribution is -2.24. The first-order chi connectivity index (χ1) is 11.6. The molecule has 1 fully saturated rings. The molecule has 1 aliphatic rings. The fraction of sp³-hybridized carbons (Fsp3) is 0.316. The number of aryl methyl sites for hydroxylation is 1. The number of aromatic nitrogens is 1. The maximum absolute atomic E-state index is 10.2. The molecule has 1 saturated heterocycles. The first-order valence-electron chi connectivity index (χ1n) is 8.10. The number of benzene rings is 2. The molecule has 1 N–H and O–H groups in total. The van der Waals surface area contributed by atoms with Gasteiger partial charge in [-0.15, -0.1) is 0 Å². The van der Waals surface area contributed by atoms with Crippen molar-refractivity contribution in [3.63, 3.8) is 0 Å². The van der Waals surface area contributed by atoms with Crippen LogP contribution < -0.4 is 9.64 Å². The number of methoxy groups -OCH3 is 1. The predicted octanol–water partition coefficient (Wildman–Crippen LogP) is 3.46. The Morgan fingerprint density at radius 2 is 2.12 bits per heavy atom. The summed E-state index contributed by atoms with van der Waals surface area (Å²) in [5.41, 5.74) is 3.84. The van der Waals surface area contributed by atoms with E-state index in [0.717, 1.165) is 28.0 Å². The Balaban J connectivity index is 1.73. The van der Waals surface area contributed by atoms with Gasteiger partial charge in [-0.1, -0.05) is 18.2 Å². The van der Waals surface area contributed by atoms with E-state index >= 15 is 0 Å². The Hall–Kier alpha value is -2.53. The van der Waals surface area contributed by atoms with E-state index in [1.165, 1.54) is 0 Å². The Bertz CT molecular complexity index is 874. The number of ether oxygens (including phenoxy) is 1. The van der Waals surface area contributed by atoms with E-state index in [2.05, 4.69) is 4.98 Å². The van der Waals surface area contributed by atoms with Crippen LogP contribution in [0.4, 0.5) is 6.01 Å². The second kappa shape index (κ2) is 5.83. The summed E-state index contributed by atoms with van der Waals surface area (Å²) in [7, 11) is 1.66. The van der Waals surface area contributed by atoms with Crippen molar-refractivity contribution >= 4 is 17.1 Å². The summed E-state index contributed by atoms with van der Waals surface area (Å²) in [5, 5.41) is 10.2. The Morgan fingerprint density at radius 3 is 2.96 bits per heavy atom. The average Bonchev–Trinajstić information content (AvgIpc) is 3.17. The fourth-order valence-corrected chi connectivity index (χ4v) is 3.34. The standard InChI is InChI=1S/C19H20N2O3/c1-12-6-7-18-16(8-12)20-19(24-18)21-11-14(22)10-17(21)13-4-3-5-15(9-13)23-2/h3-9,14,17,22H,10-11H2,1-2H3. The third-order valence-electron chi connectivity index (χ3n) is 4.54. The number of nitrogens with zero attached hydrogens (tertiary/aromatic N) is 2. The molecule has 0 amide bonds. The maximum atomic E-state index is 10.2. The summed E-state index contributed by atoms with van der Waals surface area (Å²) < 4.78 is 11.3. The van der Waals surface area contributed by atoms with Gasteiger partial charge in [-0.3, -0.25) is 0 Å². The van der Waals surface area contributed by atoms with E-state index < -0.39 is 6.10 Å². The molecule has 2 unspecified atom stereocenters. The van der Waals surface area contributed by atoms with Crippen LogP contribution in [0.1, 0.15) is 23.6 Å². The van der Waals surface area contributed by atoms with Crippen LogP contribution in [-0.4, -0.2) is 29.8 Å². The first-order valence-corrected chi connectivity index (χ1v) is 8.10. The summed E-state index contributed by atoms with van der Waals surface area (Å²) in [6, 6.07) is 14.5. The van der Waals surface area contributed by atoms with Crippen LogP contribution in [-0.2, 0) is 0 Å². The van der Waals surface area contributed by atoms with Crippen LogP contribution in [0.15, 0.2) is 46.9 Å². The fourth-order valence-electron chi connectivity index (χ4n) is 3.34. The molecule has 3 aromatic rings. The third kappa shape index (κ3) is 2.61. The topological polar surface area (TPSA) is 58.7 Å². The van der Waals surface area contributed by atoms with Gasteiger partial charge in [0.25, 0.3) is 6.01 Å². The number of hydrogen-bond acceptors (Lipinski definition) is 5. The third-order valence-corrected chi connectivity index (χ3v) is 4.54. The van der Waals surface area contributed by atoms with Gasteiger partial charge < -0.3 is 19.2 Å². The van der Waals surface area contributed by atoms with Crippen LogP contribution >= 0.6 is 0 Å². The molecule has 4 rings (SSSR count). The molecule has 0 radical (unpaired) electrons. The zero-order valence-electron chi connectivity index (χ0n) is 13.8. The number of aliphatic hydroxyl groups excluding tert-OH is 1. The van der Waals surface area contributed by atoms with Crippen LogP contribution in [0.3, 0.4) is 0 Å². The van der Waals surface area contributed by atoms with Crippen molar-refractivity contribution in [3.05, 3.63) is 53.6 Å². The molecule has 0 bridgehead atoms. The van der Waals surface area contributed by atoms with Gasteiger partial charge in [0, 0.05) is 6.54 Å². The van der Waals surface area contributed by atoms with Gasteiger partial charge >= 0.3 is 0 Å². The summed E-state index contributed by atoms with van der Waals surface area (Å²) in [6.07, 6.45) is 0.239. The molecule has 24 heavy (non-hydrogen) atoms. The SMILES string of the molecule is COc1cccc(C2CC(O)CN2c2nc3cc(C)ccc3o2)c1. The summed E-state index contributed by atoms with van der Waals surface area (Å²) in [6.45, 7) is 2.54. The van der Waals surface area contributed by atoms with Crippen molar-refractivity contribution < 1.29 is 14.3 Å². The second-order valence-corrected chi connectivity index (χ2v) is 6.30. The molecule has 2 atom stereocenters. The van der Waals surface area contributed by atoms with Crippen LogP contribution in [0, 0.1) is 6.92 Å². The summed E-state index contributed by atoms with van der Waals surface area (Å²) in [5.74, 6) is 0.807. The molecular formula is C19H20N2O3. The minimum atomic E-state index is -0.405. The predicted molar refractivity (Wildman–Crippen MR) is 92.5 cm³/mol. The number of anilines is 1. The molecule has 0 spiro atoms. The van der Waals surface area contributed by atoms with Crippen LogP contribution in [0.5, 0.6) is 5.75 Å². The molecule has 124 valence electrons. The van der Waals surface area contributed by atoms with Gasteiger partial charge in [-0.25, -0.2) is 0 Å². The van der Waals surface area contributed by atoms with Crippen molar-refractivity contribution in [1.29, 1.82) is 0 Å². The van der Waals surface area contributed by atoms with E-state index in [4.69, 9.17) is 9.15 Å². The quantitative estimate of drug-likeness (QED) is 0.799. The van der Waals surface area contributed by atoms with Crippen molar-refractivity contribution in [1.82, 2.24) is 4.98 Å². The summed E-state index contributed by atoms with van der Waals surface area (Å²) in [4.78, 5) is 6.66. The molecule has 1 aliphatic heterocycles. The van der Waals surface area contributed by atoms with Gasteiger partial charge in [-0.2, -0.15) is 4.98 Å². The number of β-amino-alcohol motifs (C(OH)–C–C–N with tert-alkyl or cyclic N) is 1. The number of fused-ring (bicyclic) bond motifs is 1. The molecule has 0 aliphatic carbocycles. The maximum Gasteiger partial charge on any atom is 0.298 e. The lowest BCUT2D eigenvalue weighted by Gasteiger charge is -2.23. The number of rotatable bonds is 3. The van der Waals surface area contributed by atoms with Gasteiger partial charge in [0.15, 0.2) is 5.58 Å². The Labute approximate surface area is 140 Å². The van der Waals surface area contributed by atoms with Gasteiger partial charge in [0.05, 0.1) is 19.3 Å². The molecular weight excluding hydrogens is 304 g/mol. The zero-order chi connectivity index (χ0) is 16.7. The van der Waals surface area contributed by atoms with Crippen molar-refractivity contribution in [2.45, 2.75) is 25.5 Å². The minimum Gasteiger partial charge on any atom is -0.497 e. The average molecular weight is 324 g/mol. The summed E-state index contributed by atoms with van der Waals surface area (Å²) >= 11 is 0. The lowest BCUT2D eigenvalue weighted by atomic mass is 10.0. The highest BCUT2D eigenvalue weighted by Crippen LogP contribution is 2.38. The molecule has 1 aromatic heterocycles. The van der Waals surface area contributed by atoms with Gasteiger partial charge in [-0.05, 0) is 48.7 Å². The molecule has 5 heteroatoms. The molecule has 2 aromatic carbocycles. The van der Waals surface area contributed by atoms with Crippen molar-refractivity contribution in [2.24, 2.45) is 0 Å². The normalized spacial score (nSPS) is 20.7. The van der Waals surface area contributed by atoms with Gasteiger partial charge in [0.1, 0.15) is 11.3 Å². The van der Waals surface area contributed by atoms with E-state index in [9.17, 15) is 5.11 Å². The number of oxazole rings is 1. The number of aliphatic hydroxyl groups is 1. The Morgan fingerprint density at radius 1 is 1.25 bits per heavy atom. The first kappa shape index (κ1) is 15.0. The van der Waals surface area contributed by atoms with Gasteiger partial charge in [0.2, 0.25) is 0 Å². The van der Waals surface area contributed by atoms with E-state index in [-0.39, 0.29) is 6.04 Å². The molecule has 2 heterocycles. The highest BCUT2D eigenvalue weighted by molar-refractivity contribution is 5.75. The monoisotopic (exact) mass is 324 g/mol. The smallest absolute Gasteiger partial charge is 0.298 e. The lowest BCUT2D eigenvalue weighted by molar-refractivity contribution is 0.194. The van der Waals surface area contributed by atoms with E-state index in [1.807, 2.05) is 54.3 Å². The van der Waals surface area contributed by atoms with Crippen LogP contribution in [0.25, 0.3) is 11.1 Å².